The zero-order valence-corrected chi connectivity index (χ0v) is 22.6. The van der Waals surface area contributed by atoms with Crippen molar-refractivity contribution in [1.29, 1.82) is 0 Å². The van der Waals surface area contributed by atoms with Gasteiger partial charge in [-0.05, 0) is 59.4 Å². The summed E-state index contributed by atoms with van der Waals surface area (Å²) in [4.78, 5) is 39.5. The third kappa shape index (κ3) is 4.73. The molecule has 3 aliphatic rings. The molecule has 2 aliphatic heterocycles. The van der Waals surface area contributed by atoms with Crippen molar-refractivity contribution in [2.75, 3.05) is 38.6 Å². The van der Waals surface area contributed by atoms with Gasteiger partial charge >= 0.3 is 0 Å². The van der Waals surface area contributed by atoms with Crippen molar-refractivity contribution in [3.63, 3.8) is 0 Å². The van der Waals surface area contributed by atoms with E-state index in [1.807, 2.05) is 41.4 Å². The molecule has 2 N–H and O–H groups in total. The van der Waals surface area contributed by atoms with Gasteiger partial charge in [0.1, 0.15) is 17.6 Å². The molecular weight excluding hydrogens is 502 g/mol. The SMILES string of the molecule is COc1ccc2c(c1)C(CC(=O)N1CCN(CC3CC3)CC1c1ncc(-c3ccc4ccccc4c3)[nH]1)C(=O)N2. The fraction of sp³-hybridized carbons (Fsp3) is 0.344. The first-order chi connectivity index (χ1) is 19.6. The third-order valence-electron chi connectivity index (χ3n) is 8.56. The van der Waals surface area contributed by atoms with Crippen LogP contribution in [0.4, 0.5) is 5.69 Å². The highest BCUT2D eigenvalue weighted by molar-refractivity contribution is 6.05. The first kappa shape index (κ1) is 24.8. The summed E-state index contributed by atoms with van der Waals surface area (Å²) in [5.41, 5.74) is 3.57. The summed E-state index contributed by atoms with van der Waals surface area (Å²) in [5, 5.41) is 5.30. The highest BCUT2D eigenvalue weighted by atomic mass is 16.5. The molecule has 2 unspecified atom stereocenters. The van der Waals surface area contributed by atoms with Gasteiger partial charge in [-0.15, -0.1) is 0 Å². The van der Waals surface area contributed by atoms with Crippen LogP contribution in [0.5, 0.6) is 5.75 Å². The van der Waals surface area contributed by atoms with Crippen LogP contribution in [0.25, 0.3) is 22.0 Å². The molecule has 3 heterocycles. The molecule has 1 saturated carbocycles. The van der Waals surface area contributed by atoms with Gasteiger partial charge in [0.05, 0.1) is 24.9 Å². The number of carbonyl (C=O) groups is 2. The highest BCUT2D eigenvalue weighted by Crippen LogP contribution is 2.39. The number of amides is 2. The van der Waals surface area contributed by atoms with Gasteiger partial charge in [-0.2, -0.15) is 0 Å². The van der Waals surface area contributed by atoms with Crippen LogP contribution < -0.4 is 10.1 Å². The Balaban J connectivity index is 1.16. The van der Waals surface area contributed by atoms with Crippen LogP contribution in [0, 0.1) is 5.92 Å². The topological polar surface area (TPSA) is 90.6 Å². The van der Waals surface area contributed by atoms with E-state index in [4.69, 9.17) is 9.72 Å². The number of methoxy groups -OCH3 is 1. The maximum atomic E-state index is 13.9. The Bertz CT molecular complexity index is 1590. The average molecular weight is 536 g/mol. The Morgan fingerprint density at radius 1 is 1.05 bits per heavy atom. The van der Waals surface area contributed by atoms with Gasteiger partial charge in [0, 0.05) is 43.9 Å². The molecule has 40 heavy (non-hydrogen) atoms. The van der Waals surface area contributed by atoms with Crippen LogP contribution in [-0.2, 0) is 9.59 Å². The second-order valence-electron chi connectivity index (χ2n) is 11.2. The third-order valence-corrected chi connectivity index (χ3v) is 8.56. The molecule has 1 saturated heterocycles. The number of rotatable bonds is 7. The molecule has 2 atom stereocenters. The molecule has 0 radical (unpaired) electrons. The Morgan fingerprint density at radius 3 is 2.73 bits per heavy atom. The smallest absolute Gasteiger partial charge is 0.232 e. The fourth-order valence-electron chi connectivity index (χ4n) is 6.14. The van der Waals surface area contributed by atoms with Crippen molar-refractivity contribution < 1.29 is 14.3 Å². The van der Waals surface area contributed by atoms with Crippen LogP contribution in [0.3, 0.4) is 0 Å². The molecule has 204 valence electrons. The van der Waals surface area contributed by atoms with Gasteiger partial charge < -0.3 is 19.9 Å². The molecule has 1 aromatic heterocycles. The summed E-state index contributed by atoms with van der Waals surface area (Å²) in [6, 6.07) is 20.0. The zero-order valence-electron chi connectivity index (χ0n) is 22.6. The minimum absolute atomic E-state index is 0.0319. The number of ether oxygens (including phenoxy) is 1. The number of carbonyl (C=O) groups excluding carboxylic acids is 2. The number of fused-ring (bicyclic) bond motifs is 2. The lowest BCUT2D eigenvalue weighted by atomic mass is 9.95. The highest BCUT2D eigenvalue weighted by Gasteiger charge is 2.39. The maximum Gasteiger partial charge on any atom is 0.232 e. The molecule has 8 nitrogen and oxygen atoms in total. The number of aromatic nitrogens is 2. The lowest BCUT2D eigenvalue weighted by Gasteiger charge is -2.41. The average Bonchev–Trinajstić information content (AvgIpc) is 3.56. The number of benzene rings is 3. The molecule has 8 heteroatoms. The van der Waals surface area contributed by atoms with Gasteiger partial charge in [0.2, 0.25) is 11.8 Å². The van der Waals surface area contributed by atoms with E-state index in [0.29, 0.717) is 12.3 Å². The van der Waals surface area contributed by atoms with E-state index in [2.05, 4.69) is 45.5 Å². The summed E-state index contributed by atoms with van der Waals surface area (Å²) in [7, 11) is 1.60. The summed E-state index contributed by atoms with van der Waals surface area (Å²) in [6.45, 7) is 3.24. The number of aromatic amines is 1. The van der Waals surface area contributed by atoms with Crippen molar-refractivity contribution >= 4 is 28.3 Å². The molecule has 0 bridgehead atoms. The van der Waals surface area contributed by atoms with E-state index in [1.165, 1.54) is 23.6 Å². The van der Waals surface area contributed by atoms with E-state index in [9.17, 15) is 9.59 Å². The number of anilines is 1. The van der Waals surface area contributed by atoms with Crippen LogP contribution in [-0.4, -0.2) is 64.9 Å². The van der Waals surface area contributed by atoms with Gasteiger partial charge in [-0.1, -0.05) is 36.4 Å². The second kappa shape index (κ2) is 10.1. The summed E-state index contributed by atoms with van der Waals surface area (Å²) in [5.74, 6) is 1.52. The first-order valence-corrected chi connectivity index (χ1v) is 14.1. The maximum absolute atomic E-state index is 13.9. The Labute approximate surface area is 233 Å². The number of imidazole rings is 1. The van der Waals surface area contributed by atoms with E-state index in [1.54, 1.807) is 7.11 Å². The quantitative estimate of drug-likeness (QED) is 0.349. The van der Waals surface area contributed by atoms with E-state index < -0.39 is 5.92 Å². The lowest BCUT2D eigenvalue weighted by molar-refractivity contribution is -0.138. The summed E-state index contributed by atoms with van der Waals surface area (Å²) >= 11 is 0. The number of H-pyrrole nitrogens is 1. The fourth-order valence-corrected chi connectivity index (χ4v) is 6.14. The normalized spacial score (nSPS) is 20.9. The lowest BCUT2D eigenvalue weighted by Crippen LogP contribution is -2.51. The molecule has 4 aromatic rings. The van der Waals surface area contributed by atoms with Crippen molar-refractivity contribution in [1.82, 2.24) is 19.8 Å². The van der Waals surface area contributed by atoms with E-state index in [0.717, 1.165) is 53.9 Å². The molecule has 2 fully saturated rings. The molecule has 7 rings (SSSR count). The van der Waals surface area contributed by atoms with Gasteiger partial charge in [0.15, 0.2) is 0 Å². The Kier molecular flexibility index (Phi) is 6.27. The van der Waals surface area contributed by atoms with Crippen molar-refractivity contribution in [2.24, 2.45) is 5.92 Å². The zero-order chi connectivity index (χ0) is 27.2. The molecule has 1 aliphatic carbocycles. The first-order valence-electron chi connectivity index (χ1n) is 14.1. The molecule has 3 aromatic carbocycles. The number of nitrogens with zero attached hydrogens (tertiary/aromatic N) is 3. The van der Waals surface area contributed by atoms with E-state index in [-0.39, 0.29) is 24.3 Å². The minimum atomic E-state index is -0.535. The monoisotopic (exact) mass is 535 g/mol. The summed E-state index contributed by atoms with van der Waals surface area (Å²) in [6.07, 6.45) is 4.56. The standard InChI is InChI=1S/C32H33N5O3/c1-40-24-10-11-27-25(15-24)26(32(39)35-27)16-30(38)37-13-12-36(18-20-6-7-20)19-29(37)31-33-17-28(34-31)23-9-8-21-4-2-3-5-22(21)14-23/h2-5,8-11,14-15,17,20,26,29H,6-7,12-13,16,18-19H2,1H3,(H,33,34)(H,35,39). The number of hydrogen-bond acceptors (Lipinski definition) is 5. The molecule has 2 amide bonds. The number of nitrogens with one attached hydrogen (secondary N) is 2. The Morgan fingerprint density at radius 2 is 1.90 bits per heavy atom. The van der Waals surface area contributed by atoms with Crippen molar-refractivity contribution in [3.05, 3.63) is 78.2 Å². The van der Waals surface area contributed by atoms with Gasteiger partial charge in [-0.3, -0.25) is 14.5 Å². The largest absolute Gasteiger partial charge is 0.497 e. The number of piperazine rings is 1. The number of hydrogen-bond donors (Lipinski definition) is 2. The molecular formula is C32H33N5O3. The van der Waals surface area contributed by atoms with Crippen LogP contribution >= 0.6 is 0 Å². The Hall–Kier alpha value is -4.17. The van der Waals surface area contributed by atoms with Crippen LogP contribution in [0.1, 0.15) is 42.6 Å². The van der Waals surface area contributed by atoms with Gasteiger partial charge in [0.25, 0.3) is 0 Å². The summed E-state index contributed by atoms with van der Waals surface area (Å²) < 4.78 is 5.38. The minimum Gasteiger partial charge on any atom is -0.497 e. The predicted octanol–water partition coefficient (Wildman–Crippen LogP) is 4.96. The second-order valence-corrected chi connectivity index (χ2v) is 11.2. The predicted molar refractivity (Wildman–Crippen MR) is 154 cm³/mol. The van der Waals surface area contributed by atoms with Crippen LogP contribution in [0.15, 0.2) is 66.9 Å². The van der Waals surface area contributed by atoms with E-state index >= 15 is 0 Å². The van der Waals surface area contributed by atoms with Crippen molar-refractivity contribution in [3.8, 4) is 17.0 Å². The van der Waals surface area contributed by atoms with Crippen LogP contribution in [0.2, 0.25) is 0 Å². The van der Waals surface area contributed by atoms with Crippen molar-refractivity contribution in [2.45, 2.75) is 31.2 Å². The molecule has 0 spiro atoms. The van der Waals surface area contributed by atoms with Gasteiger partial charge in [-0.25, -0.2) is 4.98 Å².